The van der Waals surface area contributed by atoms with Gasteiger partial charge in [-0.1, -0.05) is 12.1 Å². The smallest absolute Gasteiger partial charge is 0.162 e. The van der Waals surface area contributed by atoms with E-state index in [0.29, 0.717) is 17.1 Å². The molecule has 2 aromatic carbocycles. The normalized spacial score (nSPS) is 12.0. The Balaban J connectivity index is 2.27. The number of benzene rings is 2. The Bertz CT molecular complexity index is 607. The second-order valence-electron chi connectivity index (χ2n) is 4.58. The third-order valence-electron chi connectivity index (χ3n) is 3.20. The fraction of sp³-hybridized carbons (Fsp3) is 0.250. The number of rotatable bonds is 5. The minimum atomic E-state index is -0.995. The number of methoxy groups -OCH3 is 2. The zero-order valence-corrected chi connectivity index (χ0v) is 11.8. The van der Waals surface area contributed by atoms with Gasteiger partial charge in [0.25, 0.3) is 0 Å². The molecule has 0 heterocycles. The van der Waals surface area contributed by atoms with Crippen molar-refractivity contribution < 1.29 is 23.4 Å². The molecule has 0 aliphatic rings. The van der Waals surface area contributed by atoms with Crippen molar-refractivity contribution in [2.45, 2.75) is 12.5 Å². The molecular weight excluding hydrogens is 278 g/mol. The first-order chi connectivity index (χ1) is 10.0. The van der Waals surface area contributed by atoms with Gasteiger partial charge in [0.05, 0.1) is 20.3 Å². The Kier molecular flexibility index (Phi) is 4.75. The van der Waals surface area contributed by atoms with Crippen LogP contribution in [0, 0.1) is 11.6 Å². The van der Waals surface area contributed by atoms with Crippen LogP contribution in [0.5, 0.6) is 11.5 Å². The Morgan fingerprint density at radius 1 is 1.05 bits per heavy atom. The van der Waals surface area contributed by atoms with Crippen molar-refractivity contribution in [3.63, 3.8) is 0 Å². The number of hydrogen-bond acceptors (Lipinski definition) is 3. The summed E-state index contributed by atoms with van der Waals surface area (Å²) < 4.78 is 37.0. The standard InChI is InChI=1S/C16H16F2O3/c1-20-12-6-11(7-13(9-12)21-2)15(19)8-10-4-3-5-14(17)16(10)18/h3-7,9,15,19H,8H2,1-2H3. The molecule has 0 amide bonds. The highest BCUT2D eigenvalue weighted by molar-refractivity contribution is 5.40. The van der Waals surface area contributed by atoms with Crippen molar-refractivity contribution >= 4 is 0 Å². The Morgan fingerprint density at radius 2 is 1.67 bits per heavy atom. The Labute approximate surface area is 121 Å². The quantitative estimate of drug-likeness (QED) is 0.920. The van der Waals surface area contributed by atoms with E-state index >= 15 is 0 Å². The maximum absolute atomic E-state index is 13.6. The van der Waals surface area contributed by atoms with E-state index in [-0.39, 0.29) is 12.0 Å². The molecule has 21 heavy (non-hydrogen) atoms. The predicted molar refractivity (Wildman–Crippen MR) is 74.6 cm³/mol. The van der Waals surface area contributed by atoms with E-state index in [0.717, 1.165) is 6.07 Å². The van der Waals surface area contributed by atoms with Gasteiger partial charge >= 0.3 is 0 Å². The molecule has 0 aliphatic carbocycles. The van der Waals surface area contributed by atoms with Gasteiger partial charge in [-0.3, -0.25) is 0 Å². The third kappa shape index (κ3) is 3.49. The van der Waals surface area contributed by atoms with Crippen molar-refractivity contribution in [2.24, 2.45) is 0 Å². The van der Waals surface area contributed by atoms with Gasteiger partial charge in [0.15, 0.2) is 11.6 Å². The van der Waals surface area contributed by atoms with Crippen molar-refractivity contribution in [3.8, 4) is 11.5 Å². The molecule has 2 rings (SSSR count). The van der Waals surface area contributed by atoms with Gasteiger partial charge in [0.2, 0.25) is 0 Å². The molecule has 0 radical (unpaired) electrons. The van der Waals surface area contributed by atoms with E-state index in [4.69, 9.17) is 9.47 Å². The molecule has 3 nitrogen and oxygen atoms in total. The highest BCUT2D eigenvalue weighted by Gasteiger charge is 2.15. The lowest BCUT2D eigenvalue weighted by atomic mass is 10.0. The zero-order valence-electron chi connectivity index (χ0n) is 11.8. The first-order valence-electron chi connectivity index (χ1n) is 6.39. The molecule has 112 valence electrons. The van der Waals surface area contributed by atoms with Crippen LogP contribution in [0.15, 0.2) is 36.4 Å². The number of aliphatic hydroxyl groups excluding tert-OH is 1. The van der Waals surface area contributed by atoms with Gasteiger partial charge in [-0.15, -0.1) is 0 Å². The average molecular weight is 294 g/mol. The summed E-state index contributed by atoms with van der Waals surface area (Å²) in [7, 11) is 2.99. The van der Waals surface area contributed by atoms with Crippen molar-refractivity contribution in [1.29, 1.82) is 0 Å². The second-order valence-corrected chi connectivity index (χ2v) is 4.58. The molecule has 0 aromatic heterocycles. The molecule has 0 aliphatic heterocycles. The van der Waals surface area contributed by atoms with Gasteiger partial charge < -0.3 is 14.6 Å². The van der Waals surface area contributed by atoms with Crippen molar-refractivity contribution in [1.82, 2.24) is 0 Å². The number of hydrogen-bond donors (Lipinski definition) is 1. The average Bonchev–Trinajstić information content (AvgIpc) is 2.51. The molecule has 0 saturated carbocycles. The summed E-state index contributed by atoms with van der Waals surface area (Å²) in [5.41, 5.74) is 0.624. The van der Waals surface area contributed by atoms with Crippen LogP contribution in [0.25, 0.3) is 0 Å². The molecule has 0 fully saturated rings. The topological polar surface area (TPSA) is 38.7 Å². The molecule has 0 bridgehead atoms. The minimum absolute atomic E-state index is 0.0418. The van der Waals surface area contributed by atoms with E-state index in [1.165, 1.54) is 26.4 Å². The summed E-state index contributed by atoms with van der Waals surface area (Å²) in [6.45, 7) is 0. The van der Waals surface area contributed by atoms with Gasteiger partial charge in [0.1, 0.15) is 11.5 Å². The third-order valence-corrected chi connectivity index (χ3v) is 3.20. The first-order valence-corrected chi connectivity index (χ1v) is 6.39. The monoisotopic (exact) mass is 294 g/mol. The van der Waals surface area contributed by atoms with E-state index in [1.807, 2.05) is 0 Å². The number of ether oxygens (including phenoxy) is 2. The van der Waals surface area contributed by atoms with Crippen LogP contribution >= 0.6 is 0 Å². The second kappa shape index (κ2) is 6.54. The van der Waals surface area contributed by atoms with Gasteiger partial charge in [-0.25, -0.2) is 8.78 Å². The summed E-state index contributed by atoms with van der Waals surface area (Å²) in [5, 5.41) is 10.2. The number of halogens is 2. The largest absolute Gasteiger partial charge is 0.497 e. The lowest BCUT2D eigenvalue weighted by Gasteiger charge is -2.14. The summed E-state index contributed by atoms with van der Waals surface area (Å²) in [6.07, 6.45) is -1.04. The van der Waals surface area contributed by atoms with Crippen LogP contribution in [0.3, 0.4) is 0 Å². The van der Waals surface area contributed by atoms with Gasteiger partial charge in [0, 0.05) is 12.5 Å². The van der Waals surface area contributed by atoms with E-state index in [9.17, 15) is 13.9 Å². The summed E-state index contributed by atoms with van der Waals surface area (Å²) in [6, 6.07) is 8.82. The first kappa shape index (κ1) is 15.3. The van der Waals surface area contributed by atoms with Crippen LogP contribution < -0.4 is 9.47 Å². The highest BCUT2D eigenvalue weighted by atomic mass is 19.2. The van der Waals surface area contributed by atoms with Crippen LogP contribution in [0.1, 0.15) is 17.2 Å². The molecule has 0 spiro atoms. The summed E-state index contributed by atoms with van der Waals surface area (Å²) in [4.78, 5) is 0. The van der Waals surface area contributed by atoms with Gasteiger partial charge in [-0.05, 0) is 29.3 Å². The Hall–Kier alpha value is -2.14. The summed E-state index contributed by atoms with van der Waals surface area (Å²) in [5.74, 6) is -0.833. The molecule has 1 unspecified atom stereocenters. The van der Waals surface area contributed by atoms with E-state index < -0.39 is 17.7 Å². The zero-order chi connectivity index (χ0) is 15.4. The predicted octanol–water partition coefficient (Wildman–Crippen LogP) is 3.26. The van der Waals surface area contributed by atoms with E-state index in [1.54, 1.807) is 18.2 Å². The van der Waals surface area contributed by atoms with Crippen LogP contribution in [0.2, 0.25) is 0 Å². The maximum atomic E-state index is 13.6. The fourth-order valence-corrected chi connectivity index (χ4v) is 2.05. The molecule has 2 aromatic rings. The molecule has 1 N–H and O–H groups in total. The highest BCUT2D eigenvalue weighted by Crippen LogP contribution is 2.28. The lowest BCUT2D eigenvalue weighted by molar-refractivity contribution is 0.176. The van der Waals surface area contributed by atoms with Crippen molar-refractivity contribution in [2.75, 3.05) is 14.2 Å². The SMILES string of the molecule is COc1cc(OC)cc(C(O)Cc2cccc(F)c2F)c1. The Morgan fingerprint density at radius 3 is 2.24 bits per heavy atom. The lowest BCUT2D eigenvalue weighted by Crippen LogP contribution is -2.05. The van der Waals surface area contributed by atoms with Crippen molar-refractivity contribution in [3.05, 3.63) is 59.2 Å². The molecular formula is C16H16F2O3. The fourth-order valence-electron chi connectivity index (χ4n) is 2.05. The maximum Gasteiger partial charge on any atom is 0.162 e. The van der Waals surface area contributed by atoms with E-state index in [2.05, 4.69) is 0 Å². The van der Waals surface area contributed by atoms with Gasteiger partial charge in [-0.2, -0.15) is 0 Å². The molecule has 0 saturated heterocycles. The summed E-state index contributed by atoms with van der Waals surface area (Å²) >= 11 is 0. The molecule has 5 heteroatoms. The minimum Gasteiger partial charge on any atom is -0.497 e. The van der Waals surface area contributed by atoms with Crippen LogP contribution in [0.4, 0.5) is 8.78 Å². The molecule has 1 atom stereocenters. The van der Waals surface area contributed by atoms with Crippen LogP contribution in [-0.4, -0.2) is 19.3 Å². The number of aliphatic hydroxyl groups is 1. The van der Waals surface area contributed by atoms with Crippen LogP contribution in [-0.2, 0) is 6.42 Å².